The molecule has 31 heavy (non-hydrogen) atoms. The van der Waals surface area contributed by atoms with Crippen molar-refractivity contribution in [2.24, 2.45) is 0 Å². The van der Waals surface area contributed by atoms with E-state index in [4.69, 9.17) is 0 Å². The molecule has 9 heteroatoms. The lowest BCUT2D eigenvalue weighted by molar-refractivity contribution is -0.137. The molecule has 1 aliphatic heterocycles. The van der Waals surface area contributed by atoms with Crippen molar-refractivity contribution in [3.63, 3.8) is 0 Å². The maximum absolute atomic E-state index is 13.0. The minimum Gasteiger partial charge on any atom is -0.325 e. The van der Waals surface area contributed by atoms with Gasteiger partial charge in [-0.2, -0.15) is 13.2 Å². The van der Waals surface area contributed by atoms with Crippen LogP contribution in [-0.4, -0.2) is 29.3 Å². The SMILES string of the molecule is C[C@]1(c2ccc3c(c2)CCC3)NC(=O)N(CC(=O)Nc2cccc(C(F)(F)F)c2)C1=O. The third kappa shape index (κ3) is 3.87. The molecule has 4 amide bonds. The molecular formula is C22H20F3N3O3. The molecule has 0 aromatic heterocycles. The first kappa shape index (κ1) is 20.9. The van der Waals surface area contributed by atoms with Crippen molar-refractivity contribution >= 4 is 23.5 Å². The minimum absolute atomic E-state index is 0.0757. The average molecular weight is 431 g/mol. The largest absolute Gasteiger partial charge is 0.416 e. The van der Waals surface area contributed by atoms with Gasteiger partial charge < -0.3 is 10.6 Å². The molecule has 2 aromatic rings. The maximum atomic E-state index is 13.0. The molecule has 2 aliphatic rings. The molecule has 0 bridgehead atoms. The molecule has 162 valence electrons. The lowest BCUT2D eigenvalue weighted by Gasteiger charge is -2.23. The number of hydrogen-bond acceptors (Lipinski definition) is 3. The Labute approximate surface area is 176 Å². The number of carbonyl (C=O) groups excluding carboxylic acids is 3. The summed E-state index contributed by atoms with van der Waals surface area (Å²) in [5.74, 6) is -1.37. The van der Waals surface area contributed by atoms with Crippen LogP contribution in [0.1, 0.15) is 35.6 Å². The molecule has 2 N–H and O–H groups in total. The number of fused-ring (bicyclic) bond motifs is 1. The summed E-state index contributed by atoms with van der Waals surface area (Å²) in [4.78, 5) is 38.6. The molecule has 1 atom stereocenters. The van der Waals surface area contributed by atoms with Gasteiger partial charge in [-0.05, 0) is 61.1 Å². The molecule has 0 saturated carbocycles. The normalized spacial score (nSPS) is 20.6. The highest BCUT2D eigenvalue weighted by Gasteiger charge is 2.49. The summed E-state index contributed by atoms with van der Waals surface area (Å²) >= 11 is 0. The number of urea groups is 1. The highest BCUT2D eigenvalue weighted by Crippen LogP contribution is 2.33. The molecule has 0 unspecified atom stereocenters. The predicted octanol–water partition coefficient (Wildman–Crippen LogP) is 3.60. The van der Waals surface area contributed by atoms with Gasteiger partial charge in [-0.15, -0.1) is 0 Å². The van der Waals surface area contributed by atoms with E-state index in [0.29, 0.717) is 5.56 Å². The summed E-state index contributed by atoms with van der Waals surface area (Å²) in [6.45, 7) is 0.968. The van der Waals surface area contributed by atoms with Gasteiger partial charge in [0.2, 0.25) is 5.91 Å². The van der Waals surface area contributed by atoms with Crippen LogP contribution in [0.5, 0.6) is 0 Å². The van der Waals surface area contributed by atoms with Crippen LogP contribution < -0.4 is 10.6 Å². The second-order valence-corrected chi connectivity index (χ2v) is 7.91. The molecule has 1 heterocycles. The van der Waals surface area contributed by atoms with E-state index in [2.05, 4.69) is 10.6 Å². The first-order chi connectivity index (χ1) is 14.6. The van der Waals surface area contributed by atoms with Crippen LogP contribution in [0.25, 0.3) is 0 Å². The van der Waals surface area contributed by atoms with Crippen LogP contribution in [0.2, 0.25) is 0 Å². The first-order valence-corrected chi connectivity index (χ1v) is 9.81. The Hall–Kier alpha value is -3.36. The number of nitrogens with one attached hydrogen (secondary N) is 2. The summed E-state index contributed by atoms with van der Waals surface area (Å²) < 4.78 is 38.5. The molecule has 0 spiro atoms. The average Bonchev–Trinajstić information content (AvgIpc) is 3.26. The van der Waals surface area contributed by atoms with Gasteiger partial charge in [0.25, 0.3) is 5.91 Å². The quantitative estimate of drug-likeness (QED) is 0.727. The number of carbonyl (C=O) groups is 3. The van der Waals surface area contributed by atoms with Gasteiger partial charge in [0.05, 0.1) is 5.56 Å². The summed E-state index contributed by atoms with van der Waals surface area (Å²) in [6.07, 6.45) is -1.63. The Bertz CT molecular complexity index is 1080. The van der Waals surface area contributed by atoms with Crippen molar-refractivity contribution in [3.8, 4) is 0 Å². The fourth-order valence-electron chi connectivity index (χ4n) is 4.04. The number of benzene rings is 2. The number of rotatable bonds is 4. The third-order valence-electron chi connectivity index (χ3n) is 5.73. The van der Waals surface area contributed by atoms with E-state index < -0.39 is 41.7 Å². The number of nitrogens with zero attached hydrogens (tertiary/aromatic N) is 1. The number of halogens is 3. The zero-order chi connectivity index (χ0) is 22.4. The van der Waals surface area contributed by atoms with Crippen molar-refractivity contribution in [2.75, 3.05) is 11.9 Å². The summed E-state index contributed by atoms with van der Waals surface area (Å²) in [5, 5.41) is 4.96. The number of hydrogen-bond donors (Lipinski definition) is 2. The molecule has 1 saturated heterocycles. The fourth-order valence-corrected chi connectivity index (χ4v) is 4.04. The molecular weight excluding hydrogens is 411 g/mol. The van der Waals surface area contributed by atoms with Gasteiger partial charge in [-0.1, -0.05) is 24.3 Å². The van der Waals surface area contributed by atoms with Crippen LogP contribution in [0.3, 0.4) is 0 Å². The maximum Gasteiger partial charge on any atom is 0.416 e. The van der Waals surface area contributed by atoms with E-state index in [1.54, 1.807) is 13.0 Å². The Morgan fingerprint density at radius 2 is 1.87 bits per heavy atom. The third-order valence-corrected chi connectivity index (χ3v) is 5.73. The lowest BCUT2D eigenvalue weighted by Crippen LogP contribution is -2.42. The van der Waals surface area contributed by atoms with Crippen molar-refractivity contribution in [1.29, 1.82) is 0 Å². The van der Waals surface area contributed by atoms with Crippen LogP contribution in [0.4, 0.5) is 23.7 Å². The van der Waals surface area contributed by atoms with Gasteiger partial charge in [-0.25, -0.2) is 4.79 Å². The van der Waals surface area contributed by atoms with E-state index in [9.17, 15) is 27.6 Å². The summed E-state index contributed by atoms with van der Waals surface area (Å²) in [7, 11) is 0. The number of imide groups is 1. The van der Waals surface area contributed by atoms with Crippen LogP contribution in [0, 0.1) is 0 Å². The van der Waals surface area contributed by atoms with Crippen molar-refractivity contribution in [1.82, 2.24) is 10.2 Å². The second-order valence-electron chi connectivity index (χ2n) is 7.91. The van der Waals surface area contributed by atoms with E-state index in [1.165, 1.54) is 11.6 Å². The van der Waals surface area contributed by atoms with Crippen molar-refractivity contribution < 1.29 is 27.6 Å². The van der Waals surface area contributed by atoms with Crippen LogP contribution >= 0.6 is 0 Å². The minimum atomic E-state index is -4.55. The molecule has 4 rings (SSSR count). The van der Waals surface area contributed by atoms with E-state index in [-0.39, 0.29) is 5.69 Å². The fraction of sp³-hybridized carbons (Fsp3) is 0.318. The summed E-state index contributed by atoms with van der Waals surface area (Å²) in [5.41, 5.74) is 0.693. The topological polar surface area (TPSA) is 78.5 Å². The van der Waals surface area contributed by atoms with Gasteiger partial charge >= 0.3 is 12.2 Å². The smallest absolute Gasteiger partial charge is 0.325 e. The Morgan fingerprint density at radius 1 is 1.13 bits per heavy atom. The first-order valence-electron chi connectivity index (χ1n) is 9.81. The van der Waals surface area contributed by atoms with E-state index in [1.807, 2.05) is 12.1 Å². The highest BCUT2D eigenvalue weighted by atomic mass is 19.4. The summed E-state index contributed by atoms with van der Waals surface area (Å²) in [6, 6.07) is 9.07. The zero-order valence-corrected chi connectivity index (χ0v) is 16.7. The number of amides is 4. The van der Waals surface area contributed by atoms with Crippen molar-refractivity contribution in [2.45, 2.75) is 37.9 Å². The number of alkyl halides is 3. The van der Waals surface area contributed by atoms with E-state index >= 15 is 0 Å². The van der Waals surface area contributed by atoms with Gasteiger partial charge in [0.1, 0.15) is 12.1 Å². The Kier molecular flexibility index (Phi) is 4.99. The monoisotopic (exact) mass is 431 g/mol. The number of anilines is 1. The van der Waals surface area contributed by atoms with Crippen LogP contribution in [0.15, 0.2) is 42.5 Å². The molecule has 2 aromatic carbocycles. The Balaban J connectivity index is 1.49. The van der Waals surface area contributed by atoms with Crippen LogP contribution in [-0.2, 0) is 34.1 Å². The van der Waals surface area contributed by atoms with Gasteiger partial charge in [0, 0.05) is 5.69 Å². The highest BCUT2D eigenvalue weighted by molar-refractivity contribution is 6.10. The standard InChI is InChI=1S/C22H20F3N3O3/c1-21(15-9-8-13-4-2-5-14(13)10-15)19(30)28(20(31)27-21)12-18(29)26-17-7-3-6-16(11-17)22(23,24)25/h3,6-11H,2,4-5,12H2,1H3,(H,26,29)(H,27,31)/t21-/m1/s1. The zero-order valence-electron chi connectivity index (χ0n) is 16.7. The van der Waals surface area contributed by atoms with E-state index in [0.717, 1.165) is 47.9 Å². The van der Waals surface area contributed by atoms with Gasteiger partial charge in [-0.3, -0.25) is 14.5 Å². The lowest BCUT2D eigenvalue weighted by atomic mass is 9.89. The van der Waals surface area contributed by atoms with Crippen molar-refractivity contribution in [3.05, 3.63) is 64.7 Å². The molecule has 0 radical (unpaired) electrons. The predicted molar refractivity (Wildman–Crippen MR) is 106 cm³/mol. The Morgan fingerprint density at radius 3 is 2.61 bits per heavy atom. The number of aryl methyl sites for hydroxylation is 2. The molecule has 6 nitrogen and oxygen atoms in total. The molecule has 1 aliphatic carbocycles. The second kappa shape index (κ2) is 7.40. The van der Waals surface area contributed by atoms with Gasteiger partial charge in [0.15, 0.2) is 0 Å². The molecule has 1 fully saturated rings.